The smallest absolute Gasteiger partial charge is 0.290 e. The summed E-state index contributed by atoms with van der Waals surface area (Å²) in [6.45, 7) is 5.83. The number of nitrogens with zero attached hydrogens (tertiary/aromatic N) is 1. The Morgan fingerprint density at radius 2 is 1.83 bits per heavy atom. The van der Waals surface area contributed by atoms with Gasteiger partial charge in [-0.25, -0.2) is 0 Å². The first-order valence-electron chi connectivity index (χ1n) is 7.57. The maximum atomic E-state index is 10.7. The van der Waals surface area contributed by atoms with Gasteiger partial charge in [0.1, 0.15) is 17.9 Å². The van der Waals surface area contributed by atoms with E-state index in [1.54, 1.807) is 0 Å². The molecule has 0 unspecified atom stereocenters. The van der Waals surface area contributed by atoms with Crippen molar-refractivity contribution in [1.29, 1.82) is 0 Å². The molecule has 0 saturated carbocycles. The number of aliphatic imine (C=N–C) groups is 1. The molecule has 0 atom stereocenters. The Hall–Kier alpha value is -2.53. The number of benzene rings is 2. The summed E-state index contributed by atoms with van der Waals surface area (Å²) in [7, 11) is 0. The van der Waals surface area contributed by atoms with Crippen LogP contribution in [0.2, 0.25) is 0 Å². The summed E-state index contributed by atoms with van der Waals surface area (Å²) < 4.78 is 5.65. The van der Waals surface area contributed by atoms with E-state index in [9.17, 15) is 4.79 Å². The highest BCUT2D eigenvalue weighted by molar-refractivity contribution is 7.80. The predicted molar refractivity (Wildman–Crippen MR) is 101 cm³/mol. The number of rotatable bonds is 4. The summed E-state index contributed by atoms with van der Waals surface area (Å²) in [5.74, 6) is 0.930. The number of amidine groups is 1. The van der Waals surface area contributed by atoms with Crippen LogP contribution in [0.5, 0.6) is 5.75 Å². The molecule has 0 aromatic heterocycles. The van der Waals surface area contributed by atoms with E-state index in [0.717, 1.165) is 34.1 Å². The van der Waals surface area contributed by atoms with Crippen molar-refractivity contribution < 1.29 is 9.53 Å². The van der Waals surface area contributed by atoms with Crippen molar-refractivity contribution in [3.63, 3.8) is 0 Å². The number of carbonyl (C=O) groups is 1. The highest BCUT2D eigenvalue weighted by Gasteiger charge is 2.08. The first-order valence-corrected chi connectivity index (χ1v) is 7.98. The Morgan fingerprint density at radius 3 is 2.46 bits per heavy atom. The molecule has 2 rings (SSSR count). The van der Waals surface area contributed by atoms with E-state index in [-0.39, 0.29) is 5.17 Å². The van der Waals surface area contributed by atoms with Gasteiger partial charge in [-0.1, -0.05) is 35.9 Å². The van der Waals surface area contributed by atoms with Gasteiger partial charge < -0.3 is 15.3 Å². The highest BCUT2D eigenvalue weighted by Crippen LogP contribution is 2.23. The van der Waals surface area contributed by atoms with Gasteiger partial charge in [0.25, 0.3) is 5.17 Å². The molecule has 0 aliphatic rings. The molecule has 0 amide bonds. The fourth-order valence-corrected chi connectivity index (χ4v) is 2.46. The second kappa shape index (κ2) is 7.84. The van der Waals surface area contributed by atoms with Crippen LogP contribution in [-0.2, 0) is 11.2 Å². The fourth-order valence-electron chi connectivity index (χ4n) is 2.27. The molecule has 24 heavy (non-hydrogen) atoms. The SMILES string of the molecule is Cc1ccc(C(N)=NC(=S)Oc2cc(C)c(CC=O)cc2C)cc1. The first-order chi connectivity index (χ1) is 11.4. The van der Waals surface area contributed by atoms with Gasteiger partial charge in [0.05, 0.1) is 0 Å². The quantitative estimate of drug-likeness (QED) is 0.401. The van der Waals surface area contributed by atoms with Gasteiger partial charge in [-0.15, -0.1) is 0 Å². The Balaban J connectivity index is 2.17. The molecule has 0 radical (unpaired) electrons. The summed E-state index contributed by atoms with van der Waals surface area (Å²) >= 11 is 5.18. The second-order valence-electron chi connectivity index (χ2n) is 5.65. The molecule has 0 fully saturated rings. The van der Waals surface area contributed by atoms with E-state index < -0.39 is 0 Å². The topological polar surface area (TPSA) is 64.7 Å². The highest BCUT2D eigenvalue weighted by atomic mass is 32.1. The molecule has 0 heterocycles. The van der Waals surface area contributed by atoms with Crippen LogP contribution in [0.3, 0.4) is 0 Å². The van der Waals surface area contributed by atoms with E-state index in [0.29, 0.717) is 18.0 Å². The summed E-state index contributed by atoms with van der Waals surface area (Å²) in [5.41, 5.74) is 10.8. The normalized spacial score (nSPS) is 11.2. The zero-order valence-corrected chi connectivity index (χ0v) is 14.8. The minimum Gasteiger partial charge on any atom is -0.430 e. The molecule has 4 nitrogen and oxygen atoms in total. The van der Waals surface area contributed by atoms with Gasteiger partial charge in [-0.05, 0) is 55.7 Å². The van der Waals surface area contributed by atoms with Crippen LogP contribution >= 0.6 is 12.2 Å². The van der Waals surface area contributed by atoms with Gasteiger partial charge in [0.2, 0.25) is 0 Å². The lowest BCUT2D eigenvalue weighted by Crippen LogP contribution is -2.17. The van der Waals surface area contributed by atoms with E-state index in [1.165, 1.54) is 0 Å². The minimum atomic E-state index is 0.0544. The van der Waals surface area contributed by atoms with Crippen LogP contribution in [0, 0.1) is 20.8 Å². The number of hydrogen-bond acceptors (Lipinski definition) is 3. The van der Waals surface area contributed by atoms with Crippen LogP contribution in [-0.4, -0.2) is 17.3 Å². The zero-order chi connectivity index (χ0) is 17.7. The third kappa shape index (κ3) is 4.49. The van der Waals surface area contributed by atoms with Gasteiger partial charge >= 0.3 is 0 Å². The van der Waals surface area contributed by atoms with Gasteiger partial charge in [0.15, 0.2) is 0 Å². The number of ether oxygens (including phenoxy) is 1. The van der Waals surface area contributed by atoms with Crippen LogP contribution < -0.4 is 10.5 Å². The van der Waals surface area contributed by atoms with E-state index >= 15 is 0 Å². The van der Waals surface area contributed by atoms with Crippen LogP contribution in [0.25, 0.3) is 0 Å². The van der Waals surface area contributed by atoms with Crippen LogP contribution in [0.4, 0.5) is 0 Å². The molecule has 2 N–H and O–H groups in total. The van der Waals surface area contributed by atoms with Crippen molar-refractivity contribution >= 4 is 29.5 Å². The van der Waals surface area contributed by atoms with Crippen LogP contribution in [0.15, 0.2) is 41.4 Å². The lowest BCUT2D eigenvalue weighted by atomic mass is 10.0. The molecular formula is C19H20N2O2S. The van der Waals surface area contributed by atoms with E-state index in [4.69, 9.17) is 22.7 Å². The third-order valence-corrected chi connectivity index (χ3v) is 3.87. The van der Waals surface area contributed by atoms with Crippen LogP contribution in [0.1, 0.15) is 27.8 Å². The number of hydrogen-bond donors (Lipinski definition) is 1. The van der Waals surface area contributed by atoms with Gasteiger partial charge in [-0.3, -0.25) is 0 Å². The van der Waals surface area contributed by atoms with E-state index in [1.807, 2.05) is 57.2 Å². The fraction of sp³-hybridized carbons (Fsp3) is 0.211. The summed E-state index contributed by atoms with van der Waals surface area (Å²) in [6, 6.07) is 11.5. The molecule has 0 aliphatic carbocycles. The van der Waals surface area contributed by atoms with Gasteiger partial charge in [-0.2, -0.15) is 4.99 Å². The Kier molecular flexibility index (Phi) is 5.82. The zero-order valence-electron chi connectivity index (χ0n) is 14.0. The van der Waals surface area contributed by atoms with Crippen molar-refractivity contribution in [2.75, 3.05) is 0 Å². The molecule has 2 aromatic carbocycles. The third-order valence-electron chi connectivity index (χ3n) is 3.69. The number of aldehydes is 1. The lowest BCUT2D eigenvalue weighted by Gasteiger charge is -2.11. The summed E-state index contributed by atoms with van der Waals surface area (Å²) in [4.78, 5) is 14.8. The standard InChI is InChI=1S/C19H20N2O2S/c1-12-4-6-15(7-5-12)18(20)21-19(24)23-17-11-13(2)16(8-9-22)10-14(17)3/h4-7,9-11H,8H2,1-3H3,(H2,20,21,24). The lowest BCUT2D eigenvalue weighted by molar-refractivity contribution is -0.107. The number of carbonyl (C=O) groups excluding carboxylic acids is 1. The molecule has 2 aromatic rings. The molecule has 124 valence electrons. The Morgan fingerprint density at radius 1 is 1.17 bits per heavy atom. The average Bonchev–Trinajstić information content (AvgIpc) is 2.53. The molecular weight excluding hydrogens is 320 g/mol. The Labute approximate surface area is 147 Å². The molecule has 5 heteroatoms. The second-order valence-corrected chi connectivity index (χ2v) is 6.00. The molecule has 0 bridgehead atoms. The van der Waals surface area contributed by atoms with Crippen molar-refractivity contribution in [1.82, 2.24) is 0 Å². The molecule has 0 aliphatic heterocycles. The monoisotopic (exact) mass is 340 g/mol. The molecule has 0 spiro atoms. The number of nitrogens with two attached hydrogens (primary N) is 1. The predicted octanol–water partition coefficient (Wildman–Crippen LogP) is 3.42. The maximum Gasteiger partial charge on any atom is 0.290 e. The largest absolute Gasteiger partial charge is 0.430 e. The maximum absolute atomic E-state index is 10.7. The Bertz CT molecular complexity index is 796. The summed E-state index contributed by atoms with van der Waals surface area (Å²) in [6.07, 6.45) is 1.27. The van der Waals surface area contributed by atoms with E-state index in [2.05, 4.69) is 4.99 Å². The minimum absolute atomic E-state index is 0.0544. The number of thiocarbonyl (C=S) groups is 1. The van der Waals surface area contributed by atoms with Crippen molar-refractivity contribution in [2.24, 2.45) is 10.7 Å². The van der Waals surface area contributed by atoms with Crippen molar-refractivity contribution in [3.8, 4) is 5.75 Å². The summed E-state index contributed by atoms with van der Waals surface area (Å²) in [5, 5.41) is 0.0544. The van der Waals surface area contributed by atoms with Crippen molar-refractivity contribution in [3.05, 3.63) is 64.2 Å². The van der Waals surface area contributed by atoms with Gasteiger partial charge in [0, 0.05) is 12.0 Å². The number of aryl methyl sites for hydroxylation is 3. The molecule has 0 saturated heterocycles. The average molecular weight is 340 g/mol. The first kappa shape index (κ1) is 17.8. The van der Waals surface area contributed by atoms with Crippen molar-refractivity contribution in [2.45, 2.75) is 27.2 Å².